The summed E-state index contributed by atoms with van der Waals surface area (Å²) in [6, 6.07) is 4.11. The van der Waals surface area contributed by atoms with Crippen molar-refractivity contribution in [3.63, 3.8) is 0 Å². The lowest BCUT2D eigenvalue weighted by atomic mass is 9.89. The molecule has 28 heavy (non-hydrogen) atoms. The lowest BCUT2D eigenvalue weighted by Gasteiger charge is -2.40. The topological polar surface area (TPSA) is 102 Å². The van der Waals surface area contributed by atoms with Crippen molar-refractivity contribution in [2.45, 2.75) is 59.1 Å². The minimum absolute atomic E-state index is 0.109. The first-order chi connectivity index (χ1) is 13.0. The van der Waals surface area contributed by atoms with Crippen LogP contribution in [-0.2, 0) is 4.74 Å². The van der Waals surface area contributed by atoms with Crippen LogP contribution in [0.1, 0.15) is 56.5 Å². The van der Waals surface area contributed by atoms with Gasteiger partial charge in [0.05, 0.1) is 11.0 Å². The van der Waals surface area contributed by atoms with Gasteiger partial charge in [0, 0.05) is 30.8 Å². The number of hydrogen-bond acceptors (Lipinski definition) is 5. The normalized spacial score (nSPS) is 19.8. The van der Waals surface area contributed by atoms with Crippen LogP contribution in [0.4, 0.5) is 10.5 Å². The van der Waals surface area contributed by atoms with Crippen molar-refractivity contribution < 1.29 is 19.2 Å². The first-order valence-electron chi connectivity index (χ1n) is 9.52. The second-order valence-electron chi connectivity index (χ2n) is 8.32. The van der Waals surface area contributed by atoms with Crippen LogP contribution in [0, 0.1) is 23.0 Å². The standard InChI is InChI=1S/C20H29N3O5/c1-13-8-9-15(23(26)27)11-16(13)18(24)22-10-6-7-14(2)17(22)12-21-19(25)28-20(3,4)5/h8-9,11,14,17H,6-7,10,12H2,1-5H3,(H,21,25)/t14-,17-/m0/s1. The number of likely N-dealkylation sites (tertiary alicyclic amines) is 1. The molecule has 1 aliphatic rings. The molecule has 0 saturated carbocycles. The Bertz CT molecular complexity index is 757. The lowest BCUT2D eigenvalue weighted by Crippen LogP contribution is -2.53. The average molecular weight is 391 g/mol. The van der Waals surface area contributed by atoms with Gasteiger partial charge in [0.15, 0.2) is 0 Å². The molecule has 8 nitrogen and oxygen atoms in total. The summed E-state index contributed by atoms with van der Waals surface area (Å²) >= 11 is 0. The number of piperidine rings is 1. The van der Waals surface area contributed by atoms with Crippen molar-refractivity contribution in [1.29, 1.82) is 0 Å². The molecule has 2 amide bonds. The molecule has 154 valence electrons. The Hall–Kier alpha value is -2.64. The van der Waals surface area contributed by atoms with Crippen LogP contribution in [0.3, 0.4) is 0 Å². The fourth-order valence-electron chi connectivity index (χ4n) is 3.42. The SMILES string of the molecule is Cc1ccc([N+](=O)[O-])cc1C(=O)N1CCC[C@H](C)[C@@H]1CNC(=O)OC(C)(C)C. The highest BCUT2D eigenvalue weighted by Gasteiger charge is 2.34. The molecule has 0 aromatic heterocycles. The average Bonchev–Trinajstić information content (AvgIpc) is 2.58. The number of amides is 2. The number of non-ortho nitro benzene ring substituents is 1. The van der Waals surface area contributed by atoms with Gasteiger partial charge in [0.25, 0.3) is 11.6 Å². The molecule has 0 bridgehead atoms. The number of hydrogen-bond donors (Lipinski definition) is 1. The molecular formula is C20H29N3O5. The van der Waals surface area contributed by atoms with Crippen LogP contribution in [0.2, 0.25) is 0 Å². The smallest absolute Gasteiger partial charge is 0.407 e. The van der Waals surface area contributed by atoms with Crippen LogP contribution in [0.5, 0.6) is 0 Å². The van der Waals surface area contributed by atoms with E-state index < -0.39 is 16.6 Å². The van der Waals surface area contributed by atoms with E-state index in [0.717, 1.165) is 12.8 Å². The molecule has 0 radical (unpaired) electrons. The number of nitrogens with one attached hydrogen (secondary N) is 1. The molecule has 0 unspecified atom stereocenters. The van der Waals surface area contributed by atoms with Gasteiger partial charge in [-0.05, 0) is 52.0 Å². The Morgan fingerprint density at radius 3 is 2.64 bits per heavy atom. The number of nitro groups is 1. The molecule has 2 atom stereocenters. The third kappa shape index (κ3) is 5.43. The lowest BCUT2D eigenvalue weighted by molar-refractivity contribution is -0.384. The minimum Gasteiger partial charge on any atom is -0.444 e. The summed E-state index contributed by atoms with van der Waals surface area (Å²) in [5.41, 5.74) is 0.304. The molecule has 0 spiro atoms. The molecule has 8 heteroatoms. The molecule has 1 fully saturated rings. The largest absolute Gasteiger partial charge is 0.444 e. The van der Waals surface area contributed by atoms with Crippen molar-refractivity contribution in [1.82, 2.24) is 10.2 Å². The zero-order valence-corrected chi connectivity index (χ0v) is 17.2. The van der Waals surface area contributed by atoms with E-state index in [-0.39, 0.29) is 30.1 Å². The highest BCUT2D eigenvalue weighted by atomic mass is 16.6. The molecule has 1 aromatic carbocycles. The number of nitrogens with zero attached hydrogens (tertiary/aromatic N) is 2. The number of aryl methyl sites for hydroxylation is 1. The van der Waals surface area contributed by atoms with Crippen LogP contribution in [0.15, 0.2) is 18.2 Å². The Morgan fingerprint density at radius 2 is 2.04 bits per heavy atom. The number of alkyl carbamates (subject to hydrolysis) is 1. The van der Waals surface area contributed by atoms with Crippen molar-refractivity contribution in [3.05, 3.63) is 39.4 Å². The molecule has 1 N–H and O–H groups in total. The predicted molar refractivity (Wildman–Crippen MR) is 105 cm³/mol. The molecule has 1 saturated heterocycles. The van der Waals surface area contributed by atoms with E-state index in [1.807, 2.05) is 6.92 Å². The first-order valence-corrected chi connectivity index (χ1v) is 9.52. The summed E-state index contributed by atoms with van der Waals surface area (Å²) < 4.78 is 5.28. The van der Waals surface area contributed by atoms with Crippen LogP contribution >= 0.6 is 0 Å². The van der Waals surface area contributed by atoms with E-state index in [2.05, 4.69) is 5.32 Å². The Labute approximate surface area is 165 Å². The molecule has 1 aromatic rings. The quantitative estimate of drug-likeness (QED) is 0.623. The highest BCUT2D eigenvalue weighted by molar-refractivity contribution is 5.96. The van der Waals surface area contributed by atoms with Gasteiger partial charge in [-0.2, -0.15) is 0 Å². The van der Waals surface area contributed by atoms with Crippen molar-refractivity contribution in [3.8, 4) is 0 Å². The third-order valence-electron chi connectivity index (χ3n) is 4.89. The predicted octanol–water partition coefficient (Wildman–Crippen LogP) is 3.67. The van der Waals surface area contributed by atoms with Gasteiger partial charge < -0.3 is 15.0 Å². The molecule has 0 aliphatic carbocycles. The number of rotatable bonds is 4. The second kappa shape index (κ2) is 8.58. The van der Waals surface area contributed by atoms with Gasteiger partial charge in [0.1, 0.15) is 5.60 Å². The number of ether oxygens (including phenoxy) is 1. The fraction of sp³-hybridized carbons (Fsp3) is 0.600. The van der Waals surface area contributed by atoms with E-state index in [9.17, 15) is 19.7 Å². The zero-order valence-electron chi connectivity index (χ0n) is 17.2. The fourth-order valence-corrected chi connectivity index (χ4v) is 3.42. The molecule has 1 heterocycles. The van der Waals surface area contributed by atoms with Crippen LogP contribution in [-0.4, -0.2) is 46.6 Å². The monoisotopic (exact) mass is 391 g/mol. The van der Waals surface area contributed by atoms with Crippen molar-refractivity contribution in [2.75, 3.05) is 13.1 Å². The third-order valence-corrected chi connectivity index (χ3v) is 4.89. The summed E-state index contributed by atoms with van der Waals surface area (Å²) in [4.78, 5) is 37.5. The first kappa shape index (κ1) is 21.7. The number of carbonyl (C=O) groups is 2. The van der Waals surface area contributed by atoms with Gasteiger partial charge in [0.2, 0.25) is 0 Å². The summed E-state index contributed by atoms with van der Waals surface area (Å²) in [5, 5.41) is 13.8. The van der Waals surface area contributed by atoms with E-state index in [4.69, 9.17) is 4.74 Å². The Morgan fingerprint density at radius 1 is 1.36 bits per heavy atom. The number of nitro benzene ring substituents is 1. The maximum absolute atomic E-state index is 13.2. The summed E-state index contributed by atoms with van der Waals surface area (Å²) in [5.74, 6) is -0.0598. The maximum atomic E-state index is 13.2. The minimum atomic E-state index is -0.599. The molecule has 1 aliphatic heterocycles. The van der Waals surface area contributed by atoms with E-state index in [1.165, 1.54) is 12.1 Å². The zero-order chi connectivity index (χ0) is 21.1. The van der Waals surface area contributed by atoms with Gasteiger partial charge in [-0.25, -0.2) is 4.79 Å². The molecule has 2 rings (SSSR count). The van der Waals surface area contributed by atoms with Crippen LogP contribution in [0.25, 0.3) is 0 Å². The second-order valence-corrected chi connectivity index (χ2v) is 8.32. The summed E-state index contributed by atoms with van der Waals surface area (Å²) in [6.07, 6.45) is 1.27. The summed E-state index contributed by atoms with van der Waals surface area (Å²) in [7, 11) is 0. The summed E-state index contributed by atoms with van der Waals surface area (Å²) in [6.45, 7) is 9.99. The maximum Gasteiger partial charge on any atom is 0.407 e. The van der Waals surface area contributed by atoms with Crippen molar-refractivity contribution in [2.24, 2.45) is 5.92 Å². The highest BCUT2D eigenvalue weighted by Crippen LogP contribution is 2.27. The molecular weight excluding hydrogens is 362 g/mol. The Kier molecular flexibility index (Phi) is 6.64. The van der Waals surface area contributed by atoms with Gasteiger partial charge >= 0.3 is 6.09 Å². The van der Waals surface area contributed by atoms with Gasteiger partial charge in [-0.1, -0.05) is 13.0 Å². The van der Waals surface area contributed by atoms with E-state index in [0.29, 0.717) is 17.7 Å². The Balaban J connectivity index is 2.19. The van der Waals surface area contributed by atoms with E-state index in [1.54, 1.807) is 38.7 Å². The van der Waals surface area contributed by atoms with E-state index >= 15 is 0 Å². The van der Waals surface area contributed by atoms with Crippen LogP contribution < -0.4 is 5.32 Å². The number of benzene rings is 1. The van der Waals surface area contributed by atoms with Gasteiger partial charge in [-0.3, -0.25) is 14.9 Å². The van der Waals surface area contributed by atoms with Gasteiger partial charge in [-0.15, -0.1) is 0 Å². The number of carbonyl (C=O) groups excluding carboxylic acids is 2. The van der Waals surface area contributed by atoms with Crippen molar-refractivity contribution >= 4 is 17.7 Å².